The van der Waals surface area contributed by atoms with E-state index < -0.39 is 10.0 Å². The van der Waals surface area contributed by atoms with Crippen LogP contribution in [-0.2, 0) is 15.9 Å². The van der Waals surface area contributed by atoms with Crippen LogP contribution >= 0.6 is 11.6 Å². The quantitative estimate of drug-likeness (QED) is 0.800. The van der Waals surface area contributed by atoms with Crippen molar-refractivity contribution in [2.45, 2.75) is 37.1 Å². The molecule has 0 spiro atoms. The Morgan fingerprint density at radius 3 is 2.29 bits per heavy atom. The minimum atomic E-state index is -3.42. The fourth-order valence-electron chi connectivity index (χ4n) is 2.54. The summed E-state index contributed by atoms with van der Waals surface area (Å²) in [6.07, 6.45) is 0. The predicted molar refractivity (Wildman–Crippen MR) is 86.1 cm³/mol. The predicted octanol–water partition coefficient (Wildman–Crippen LogP) is 2.53. The Hall–Kier alpha value is -0.620. The van der Waals surface area contributed by atoms with Crippen LogP contribution in [0.1, 0.15) is 26.3 Å². The number of piperazine rings is 1. The van der Waals surface area contributed by atoms with E-state index in [1.165, 1.54) is 0 Å². The lowest BCUT2D eigenvalue weighted by Crippen LogP contribution is -2.54. The number of hydrogen-bond donors (Lipinski definition) is 0. The van der Waals surface area contributed by atoms with Gasteiger partial charge in [0.2, 0.25) is 10.0 Å². The van der Waals surface area contributed by atoms with Gasteiger partial charge in [-0.15, -0.1) is 11.6 Å². The number of benzene rings is 1. The van der Waals surface area contributed by atoms with Crippen LogP contribution in [0.15, 0.2) is 29.2 Å². The highest BCUT2D eigenvalue weighted by molar-refractivity contribution is 7.89. The second-order valence-corrected chi connectivity index (χ2v) is 8.55. The van der Waals surface area contributed by atoms with Gasteiger partial charge in [-0.1, -0.05) is 12.1 Å². The Morgan fingerprint density at radius 1 is 1.14 bits per heavy atom. The van der Waals surface area contributed by atoms with Crippen LogP contribution in [0.3, 0.4) is 0 Å². The Bertz CT molecular complexity index is 588. The summed E-state index contributed by atoms with van der Waals surface area (Å²) in [6, 6.07) is 6.89. The van der Waals surface area contributed by atoms with Crippen molar-refractivity contribution in [1.82, 2.24) is 9.21 Å². The highest BCUT2D eigenvalue weighted by Crippen LogP contribution is 2.22. The zero-order valence-corrected chi connectivity index (χ0v) is 14.4. The van der Waals surface area contributed by atoms with Crippen molar-refractivity contribution < 1.29 is 8.42 Å². The molecule has 0 aliphatic carbocycles. The molecule has 0 unspecified atom stereocenters. The summed E-state index contributed by atoms with van der Waals surface area (Å²) in [5, 5.41) is 0. The van der Waals surface area contributed by atoms with E-state index in [2.05, 4.69) is 25.7 Å². The van der Waals surface area contributed by atoms with Crippen LogP contribution in [0.2, 0.25) is 0 Å². The molecule has 4 nitrogen and oxygen atoms in total. The molecule has 1 heterocycles. The first-order valence-electron chi connectivity index (χ1n) is 7.15. The molecule has 1 saturated heterocycles. The molecule has 1 aliphatic rings. The molecule has 0 radical (unpaired) electrons. The molecule has 118 valence electrons. The molecule has 21 heavy (non-hydrogen) atoms. The molecule has 2 rings (SSSR count). The van der Waals surface area contributed by atoms with E-state index in [0.717, 1.165) is 18.7 Å². The van der Waals surface area contributed by atoms with E-state index in [0.29, 0.717) is 23.9 Å². The third-order valence-electron chi connectivity index (χ3n) is 3.88. The summed E-state index contributed by atoms with van der Waals surface area (Å²) in [4.78, 5) is 2.65. The molecule has 1 aromatic rings. The summed E-state index contributed by atoms with van der Waals surface area (Å²) in [6.45, 7) is 9.05. The molecular weight excluding hydrogens is 308 g/mol. The van der Waals surface area contributed by atoms with Crippen LogP contribution in [0.25, 0.3) is 0 Å². The highest BCUT2D eigenvalue weighted by Gasteiger charge is 2.32. The Labute approximate surface area is 132 Å². The summed E-state index contributed by atoms with van der Waals surface area (Å²) in [5.74, 6) is 0.321. The van der Waals surface area contributed by atoms with Gasteiger partial charge in [0.15, 0.2) is 0 Å². The van der Waals surface area contributed by atoms with Crippen molar-refractivity contribution in [2.75, 3.05) is 26.2 Å². The monoisotopic (exact) mass is 330 g/mol. The smallest absolute Gasteiger partial charge is 0.243 e. The van der Waals surface area contributed by atoms with E-state index in [1.807, 2.05) is 6.07 Å². The van der Waals surface area contributed by atoms with Gasteiger partial charge in [-0.2, -0.15) is 4.31 Å². The lowest BCUT2D eigenvalue weighted by Gasteiger charge is -2.41. The third-order valence-corrected chi connectivity index (χ3v) is 6.08. The van der Waals surface area contributed by atoms with Crippen molar-refractivity contribution >= 4 is 21.6 Å². The maximum absolute atomic E-state index is 12.7. The number of alkyl halides is 1. The van der Waals surface area contributed by atoms with Crippen LogP contribution < -0.4 is 0 Å². The van der Waals surface area contributed by atoms with Gasteiger partial charge < -0.3 is 0 Å². The molecule has 0 amide bonds. The summed E-state index contributed by atoms with van der Waals surface area (Å²) < 4.78 is 26.9. The molecule has 0 bridgehead atoms. The first-order valence-corrected chi connectivity index (χ1v) is 9.13. The van der Waals surface area contributed by atoms with Gasteiger partial charge >= 0.3 is 0 Å². The topological polar surface area (TPSA) is 40.6 Å². The van der Waals surface area contributed by atoms with Crippen LogP contribution in [0.4, 0.5) is 0 Å². The maximum atomic E-state index is 12.7. The van der Waals surface area contributed by atoms with E-state index in [9.17, 15) is 8.42 Å². The SMILES string of the molecule is CC(C)(C)N1CCN(S(=O)(=O)c2cccc(CCl)c2)CC1. The molecular formula is C15H23ClN2O2S. The van der Waals surface area contributed by atoms with Crippen molar-refractivity contribution in [3.8, 4) is 0 Å². The molecule has 1 aromatic carbocycles. The second-order valence-electron chi connectivity index (χ2n) is 6.34. The van der Waals surface area contributed by atoms with Crippen molar-refractivity contribution in [3.63, 3.8) is 0 Å². The van der Waals surface area contributed by atoms with Gasteiger partial charge in [-0.25, -0.2) is 8.42 Å². The number of nitrogens with zero attached hydrogens (tertiary/aromatic N) is 2. The number of halogens is 1. The normalized spacial score (nSPS) is 18.9. The molecule has 0 aromatic heterocycles. The fourth-order valence-corrected chi connectivity index (χ4v) is 4.20. The second kappa shape index (κ2) is 6.24. The fraction of sp³-hybridized carbons (Fsp3) is 0.600. The van der Waals surface area contributed by atoms with Crippen LogP contribution in [0, 0.1) is 0 Å². The van der Waals surface area contributed by atoms with Gasteiger partial charge in [0, 0.05) is 37.6 Å². The highest BCUT2D eigenvalue weighted by atomic mass is 35.5. The lowest BCUT2D eigenvalue weighted by molar-refractivity contribution is 0.0922. The largest absolute Gasteiger partial charge is 0.296 e. The molecule has 0 atom stereocenters. The van der Waals surface area contributed by atoms with E-state index in [1.54, 1.807) is 22.5 Å². The van der Waals surface area contributed by atoms with Crippen LogP contribution in [0.5, 0.6) is 0 Å². The standard InChI is InChI=1S/C15H23ClN2O2S/c1-15(2,3)17-7-9-18(10-8-17)21(19,20)14-6-4-5-13(11-14)12-16/h4-6,11H,7-10,12H2,1-3H3. The molecule has 1 fully saturated rings. The molecule has 1 aliphatic heterocycles. The van der Waals surface area contributed by atoms with Crippen molar-refractivity contribution in [1.29, 1.82) is 0 Å². The summed E-state index contributed by atoms with van der Waals surface area (Å²) >= 11 is 5.79. The van der Waals surface area contributed by atoms with Crippen molar-refractivity contribution in [2.24, 2.45) is 0 Å². The van der Waals surface area contributed by atoms with Gasteiger partial charge in [-0.05, 0) is 38.5 Å². The zero-order valence-electron chi connectivity index (χ0n) is 12.8. The molecule has 6 heteroatoms. The maximum Gasteiger partial charge on any atom is 0.243 e. The third kappa shape index (κ3) is 3.77. The number of sulfonamides is 1. The minimum Gasteiger partial charge on any atom is -0.296 e. The van der Waals surface area contributed by atoms with E-state index in [4.69, 9.17) is 11.6 Å². The summed E-state index contributed by atoms with van der Waals surface area (Å²) in [7, 11) is -3.42. The Kier molecular flexibility index (Phi) is 4.98. The van der Waals surface area contributed by atoms with Crippen molar-refractivity contribution in [3.05, 3.63) is 29.8 Å². The first-order chi connectivity index (χ1) is 9.75. The average molecular weight is 331 g/mol. The number of hydrogen-bond acceptors (Lipinski definition) is 3. The average Bonchev–Trinajstić information content (AvgIpc) is 2.46. The van der Waals surface area contributed by atoms with Crippen LogP contribution in [-0.4, -0.2) is 49.3 Å². The zero-order chi connectivity index (χ0) is 15.7. The van der Waals surface area contributed by atoms with Gasteiger partial charge in [0.1, 0.15) is 0 Å². The van der Waals surface area contributed by atoms with Gasteiger partial charge in [-0.3, -0.25) is 4.90 Å². The number of rotatable bonds is 3. The van der Waals surface area contributed by atoms with Gasteiger partial charge in [0.05, 0.1) is 4.90 Å². The van der Waals surface area contributed by atoms with E-state index in [-0.39, 0.29) is 5.54 Å². The minimum absolute atomic E-state index is 0.0778. The van der Waals surface area contributed by atoms with E-state index >= 15 is 0 Å². The van der Waals surface area contributed by atoms with Gasteiger partial charge in [0.25, 0.3) is 0 Å². The molecule has 0 saturated carbocycles. The lowest BCUT2D eigenvalue weighted by atomic mass is 10.1. The summed E-state index contributed by atoms with van der Waals surface area (Å²) in [5.41, 5.74) is 0.903. The Morgan fingerprint density at radius 2 is 1.76 bits per heavy atom. The molecule has 0 N–H and O–H groups in total. The Balaban J connectivity index is 2.15. The first kappa shape index (κ1) is 16.7.